The van der Waals surface area contributed by atoms with Crippen LogP contribution in [-0.2, 0) is 35.0 Å². The third kappa shape index (κ3) is 46.9. The molecule has 3 unspecified atom stereocenters. The summed E-state index contributed by atoms with van der Waals surface area (Å²) in [5.74, 6) is 11.2. The predicted octanol–water partition coefficient (Wildman–Crippen LogP) is 2.98. The summed E-state index contributed by atoms with van der Waals surface area (Å²) in [5, 5.41) is 23.2. The molecule has 4 N–H and O–H groups in total. The van der Waals surface area contributed by atoms with Gasteiger partial charge in [-0.2, -0.15) is 65.5 Å². The number of carboxylic acid groups (broad SMARTS) is 1. The molecule has 3 atom stereocenters. The minimum absolute atomic E-state index is 0. The first-order valence-corrected chi connectivity index (χ1v) is 24.1. The molecule has 21 heteroatoms. The van der Waals surface area contributed by atoms with E-state index in [0.29, 0.717) is 18.4 Å². The van der Waals surface area contributed by atoms with E-state index in [1.807, 2.05) is 30.4 Å². The molecule has 0 radical (unpaired) electrons. The number of rotatable bonds is 9. The van der Waals surface area contributed by atoms with Gasteiger partial charge in [0.2, 0.25) is 0 Å². The van der Waals surface area contributed by atoms with Gasteiger partial charge in [0.1, 0.15) is 12.0 Å². The Morgan fingerprint density at radius 1 is 0.968 bits per heavy atom. The molecular formula is C41H67F3K2N4O8S4. The summed E-state index contributed by atoms with van der Waals surface area (Å²) in [6.45, 7) is 8.87. The number of aldehydes is 1. The van der Waals surface area contributed by atoms with Gasteiger partial charge < -0.3 is 37.3 Å². The number of nitrogens with zero attached hydrogens (tertiary/aromatic N) is 3. The molecule has 0 saturated carbocycles. The number of hydrogen-bond acceptors (Lipinski definition) is 15. The fourth-order valence-electron chi connectivity index (χ4n) is 5.11. The maximum absolute atomic E-state index is 12.2. The van der Waals surface area contributed by atoms with E-state index >= 15 is 0 Å². The van der Waals surface area contributed by atoms with Crippen molar-refractivity contribution in [2.24, 2.45) is 11.8 Å². The van der Waals surface area contributed by atoms with Crippen LogP contribution in [0.2, 0.25) is 0 Å². The van der Waals surface area contributed by atoms with Gasteiger partial charge >= 0.3 is 109 Å². The smallest absolute Gasteiger partial charge is 1.00 e. The Bertz CT molecular complexity index is 1290. The zero-order valence-electron chi connectivity index (χ0n) is 38.5. The molecule has 346 valence electrons. The summed E-state index contributed by atoms with van der Waals surface area (Å²) in [6.07, 6.45) is 15.8. The van der Waals surface area contributed by atoms with Crippen molar-refractivity contribution in [3.63, 3.8) is 0 Å². The van der Waals surface area contributed by atoms with Gasteiger partial charge in [0.05, 0.1) is 18.9 Å². The number of nitriles is 1. The van der Waals surface area contributed by atoms with Crippen LogP contribution in [-0.4, -0.2) is 105 Å². The number of carboxylic acids is 1. The molecule has 6 heterocycles. The van der Waals surface area contributed by atoms with Crippen molar-refractivity contribution in [2.45, 2.75) is 91.2 Å². The van der Waals surface area contributed by atoms with Crippen molar-refractivity contribution in [3.8, 4) is 6.07 Å². The third-order valence-corrected chi connectivity index (χ3v) is 12.8. The molecule has 0 aromatic carbocycles. The number of carbonyl (C=O) groups is 4. The average Bonchev–Trinajstić information content (AvgIpc) is 4.06. The predicted molar refractivity (Wildman–Crippen MR) is 241 cm³/mol. The van der Waals surface area contributed by atoms with Crippen LogP contribution >= 0.6 is 47.0 Å². The minimum atomic E-state index is -4.33. The molecule has 12 nitrogen and oxygen atoms in total. The molecule has 1 aromatic heterocycles. The van der Waals surface area contributed by atoms with Crippen LogP contribution in [0.25, 0.3) is 0 Å². The standard InChI is InChI=1S/C10H10F3NS.C10H17NS.C6H10O2.C6H10OS.C4H8S.C2H3N.C2H4O2.CH2O3.2K.H3N.H/c11-10(12,13)9-2-1-7(5-14-9)8-3-4-15-6-8;1-2-6-11(5-1)7-3-10-4-8-12-9-10;1-3-8-5-4-6(2)7;7-3-1-6-2-4-8-5-6;1-2-4-5-3-1;1-2-3;1-2(3)4;2-1-4-3;;;;/h1-2,5,8H,3-4,6H2;3,7,10H,1-2,4-6,8-9H2;4-5H,3H2,1-2H3;3,6H,1-2,4-5H2;1-4H2;1H3;1H3,(H,3,4);1,3H;;;1H3;/q;;;;;;;;2*+1;;-1/p-1/b;7-3+;5-4+;;;;;;;;;. The molecule has 6 rings (SSSR count). The number of likely N-dealkylation sites (tertiary alicyclic amines) is 1. The van der Waals surface area contributed by atoms with E-state index in [9.17, 15) is 22.8 Å². The summed E-state index contributed by atoms with van der Waals surface area (Å²) in [5.41, 5.74) is 0.116. The number of carbonyl (C=O) groups excluding carboxylic acids is 3. The van der Waals surface area contributed by atoms with Crippen molar-refractivity contribution < 1.29 is 157 Å². The van der Waals surface area contributed by atoms with Crippen molar-refractivity contribution in [2.75, 3.05) is 65.7 Å². The molecule has 5 fully saturated rings. The first kappa shape index (κ1) is 71.4. The number of hydrogen-bond donors (Lipinski definition) is 2. The molecule has 5 aliphatic heterocycles. The Morgan fingerprint density at radius 3 is 1.89 bits per heavy atom. The van der Waals surface area contributed by atoms with Gasteiger partial charge in [-0.05, 0) is 135 Å². The Morgan fingerprint density at radius 2 is 1.52 bits per heavy atom. The molecule has 0 spiro atoms. The van der Waals surface area contributed by atoms with Gasteiger partial charge in [0, 0.05) is 51.4 Å². The molecular weight excluding hydrogens is 940 g/mol. The minimum Gasteiger partial charge on any atom is -1.00 e. The summed E-state index contributed by atoms with van der Waals surface area (Å²) in [7, 11) is 0. The Hall–Kier alpha value is 0.383. The maximum atomic E-state index is 12.2. The van der Waals surface area contributed by atoms with Gasteiger partial charge in [0.25, 0.3) is 12.4 Å². The Labute approximate surface area is 471 Å². The molecule has 0 aliphatic carbocycles. The number of halogens is 3. The average molecular weight is 1010 g/mol. The molecule has 1 aromatic rings. The van der Waals surface area contributed by atoms with E-state index in [1.165, 1.54) is 119 Å². The van der Waals surface area contributed by atoms with Crippen LogP contribution < -0.4 is 114 Å². The number of pyridine rings is 1. The van der Waals surface area contributed by atoms with E-state index < -0.39 is 17.8 Å². The van der Waals surface area contributed by atoms with Crippen LogP contribution in [0, 0.1) is 23.2 Å². The number of aromatic nitrogens is 1. The van der Waals surface area contributed by atoms with E-state index in [1.54, 1.807) is 12.1 Å². The zero-order valence-corrected chi connectivity index (χ0v) is 47.0. The molecule has 0 amide bonds. The van der Waals surface area contributed by atoms with Gasteiger partial charge in [0.15, 0.2) is 5.78 Å². The van der Waals surface area contributed by atoms with E-state index in [2.05, 4.69) is 50.6 Å². The zero-order chi connectivity index (χ0) is 44.6. The fourth-order valence-corrected chi connectivity index (χ4v) is 9.91. The third-order valence-electron chi connectivity index (χ3n) is 8.04. The maximum Gasteiger partial charge on any atom is 1.00 e. The number of alkyl halides is 3. The molecule has 5 saturated heterocycles. The Kier molecular flexibility index (Phi) is 58.5. The van der Waals surface area contributed by atoms with Crippen LogP contribution in [0.15, 0.2) is 42.9 Å². The van der Waals surface area contributed by atoms with Crippen molar-refractivity contribution >= 4 is 71.6 Å². The van der Waals surface area contributed by atoms with Crippen molar-refractivity contribution in [1.82, 2.24) is 16.0 Å². The van der Waals surface area contributed by atoms with E-state index in [0.717, 1.165) is 55.1 Å². The molecule has 5 aliphatic rings. The van der Waals surface area contributed by atoms with Gasteiger partial charge in [-0.1, -0.05) is 12.1 Å². The number of ether oxygens (including phenoxy) is 1. The van der Waals surface area contributed by atoms with Gasteiger partial charge in [-0.15, -0.1) is 0 Å². The Balaban J connectivity index is -0.000000154. The summed E-state index contributed by atoms with van der Waals surface area (Å²) < 4.78 is 41.4. The normalized spacial score (nSPS) is 19.0. The number of ketones is 1. The van der Waals surface area contributed by atoms with E-state index in [-0.39, 0.29) is 123 Å². The first-order chi connectivity index (χ1) is 28.3. The second-order valence-electron chi connectivity index (χ2n) is 13.0. The van der Waals surface area contributed by atoms with E-state index in [4.69, 9.17) is 30.0 Å². The number of allylic oxidation sites excluding steroid dienone is 2. The summed E-state index contributed by atoms with van der Waals surface area (Å²) in [4.78, 5) is 46.3. The van der Waals surface area contributed by atoms with Gasteiger partial charge in [-0.3, -0.25) is 19.4 Å². The topological polar surface area (TPSA) is 205 Å². The van der Waals surface area contributed by atoms with Crippen LogP contribution in [0.3, 0.4) is 0 Å². The summed E-state index contributed by atoms with van der Waals surface area (Å²) >= 11 is 7.97. The van der Waals surface area contributed by atoms with Crippen LogP contribution in [0.1, 0.15) is 97.7 Å². The van der Waals surface area contributed by atoms with Crippen molar-refractivity contribution in [1.29, 1.82) is 5.26 Å². The SMILES string of the molecule is C(=C\N1CCCC1)/C1CCSC1.C1CCSC1.CC#N.CC(=O)O.CCO/C=C/C(C)=O.FC(F)(F)c1ccc(C2CCSC2)cn1.N.O=CCC1CCSC1.O=CO[O-].[H-].[K+].[K+]. The number of aliphatic carboxylic acids is 1. The monoisotopic (exact) mass is 1010 g/mol. The van der Waals surface area contributed by atoms with Crippen LogP contribution in [0.5, 0.6) is 0 Å². The number of thioether (sulfide) groups is 4. The molecule has 0 bridgehead atoms. The van der Waals surface area contributed by atoms with Gasteiger partial charge in [-0.25, -0.2) is 0 Å². The second kappa shape index (κ2) is 50.8. The fraction of sp³-hybridized carbons (Fsp3) is 0.659. The quantitative estimate of drug-likeness (QED) is 0.0912. The second-order valence-corrected chi connectivity index (χ2v) is 17.7. The largest absolute Gasteiger partial charge is 1.00 e. The van der Waals surface area contributed by atoms with Crippen molar-refractivity contribution in [3.05, 3.63) is 54.2 Å². The molecule has 62 heavy (non-hydrogen) atoms. The summed E-state index contributed by atoms with van der Waals surface area (Å²) in [6, 6.07) is 4.37. The first-order valence-electron chi connectivity index (χ1n) is 19.5. The van der Waals surface area contributed by atoms with Crippen LogP contribution in [0.4, 0.5) is 13.2 Å².